The highest BCUT2D eigenvalue weighted by Crippen LogP contribution is 2.32. The Kier molecular flexibility index (Phi) is 5.49. The molecule has 2 aromatic rings. The first-order chi connectivity index (χ1) is 9.77. The van der Waals surface area contributed by atoms with Crippen LogP contribution in [0.4, 0.5) is 0 Å². The van der Waals surface area contributed by atoms with E-state index in [1.807, 2.05) is 32.0 Å². The molecule has 0 radical (unpaired) electrons. The average molecular weight is 291 g/mol. The fraction of sp³-hybridized carbons (Fsp3) is 0.467. The molecule has 20 heavy (non-hydrogen) atoms. The van der Waals surface area contributed by atoms with Gasteiger partial charge in [-0.1, -0.05) is 29.6 Å². The molecule has 0 bridgehead atoms. The summed E-state index contributed by atoms with van der Waals surface area (Å²) in [6.45, 7) is 7.78. The molecule has 2 rings (SSSR count). The van der Waals surface area contributed by atoms with Gasteiger partial charge in [-0.15, -0.1) is 5.10 Å². The van der Waals surface area contributed by atoms with Gasteiger partial charge in [0.05, 0.1) is 23.2 Å². The van der Waals surface area contributed by atoms with Crippen molar-refractivity contribution in [1.82, 2.24) is 14.9 Å². The third kappa shape index (κ3) is 3.35. The standard InChI is InChI=1S/C15H21N3OS/c1-4-10-16-14(15-11(3)17-18-20-15)12-8-6-7-9-13(12)19-5-2/h6-9,14,16H,4-5,10H2,1-3H3. The molecular formula is C15H21N3OS. The second-order valence-corrected chi connectivity index (χ2v) is 5.37. The van der Waals surface area contributed by atoms with Gasteiger partial charge in [-0.3, -0.25) is 0 Å². The van der Waals surface area contributed by atoms with Crippen molar-refractivity contribution in [1.29, 1.82) is 0 Å². The SMILES string of the molecule is CCCNC(c1ccccc1OCC)c1snnc1C. The van der Waals surface area contributed by atoms with E-state index in [2.05, 4.69) is 27.9 Å². The van der Waals surface area contributed by atoms with Gasteiger partial charge < -0.3 is 10.1 Å². The van der Waals surface area contributed by atoms with E-state index in [9.17, 15) is 0 Å². The van der Waals surface area contributed by atoms with Crippen molar-refractivity contribution in [2.75, 3.05) is 13.2 Å². The molecule has 0 aliphatic carbocycles. The van der Waals surface area contributed by atoms with Crippen molar-refractivity contribution in [3.05, 3.63) is 40.4 Å². The topological polar surface area (TPSA) is 47.0 Å². The number of nitrogens with zero attached hydrogens (tertiary/aromatic N) is 2. The predicted molar refractivity (Wildman–Crippen MR) is 82.4 cm³/mol. The zero-order chi connectivity index (χ0) is 14.4. The summed E-state index contributed by atoms with van der Waals surface area (Å²) in [5.41, 5.74) is 2.13. The number of rotatable bonds is 7. The largest absolute Gasteiger partial charge is 0.494 e. The molecule has 1 N–H and O–H groups in total. The first-order valence-corrected chi connectivity index (χ1v) is 7.79. The van der Waals surface area contributed by atoms with Crippen LogP contribution < -0.4 is 10.1 Å². The smallest absolute Gasteiger partial charge is 0.124 e. The van der Waals surface area contributed by atoms with Crippen molar-refractivity contribution in [3.63, 3.8) is 0 Å². The third-order valence-corrected chi connectivity index (χ3v) is 3.97. The highest BCUT2D eigenvalue weighted by atomic mass is 32.1. The predicted octanol–water partition coefficient (Wildman–Crippen LogP) is 3.33. The molecule has 0 aliphatic heterocycles. The van der Waals surface area contributed by atoms with Crippen molar-refractivity contribution in [2.24, 2.45) is 0 Å². The summed E-state index contributed by atoms with van der Waals surface area (Å²) in [7, 11) is 0. The van der Waals surface area contributed by atoms with Crippen LogP contribution in [-0.2, 0) is 0 Å². The van der Waals surface area contributed by atoms with Crippen molar-refractivity contribution in [2.45, 2.75) is 33.2 Å². The molecule has 0 saturated heterocycles. The number of para-hydroxylation sites is 1. The Labute approximate surface area is 124 Å². The molecule has 108 valence electrons. The molecule has 0 aliphatic rings. The van der Waals surface area contributed by atoms with Gasteiger partial charge in [-0.2, -0.15) is 0 Å². The molecule has 1 heterocycles. The number of hydrogen-bond donors (Lipinski definition) is 1. The Hall–Kier alpha value is -1.46. The van der Waals surface area contributed by atoms with E-state index in [1.54, 1.807) is 0 Å². The van der Waals surface area contributed by atoms with Crippen LogP contribution in [0.15, 0.2) is 24.3 Å². The Bertz CT molecular complexity index is 541. The molecule has 1 aromatic heterocycles. The molecular weight excluding hydrogens is 270 g/mol. The van der Waals surface area contributed by atoms with Crippen LogP contribution in [0.5, 0.6) is 5.75 Å². The van der Waals surface area contributed by atoms with Gasteiger partial charge in [0.1, 0.15) is 5.75 Å². The molecule has 0 amide bonds. The van der Waals surface area contributed by atoms with E-state index in [1.165, 1.54) is 11.5 Å². The van der Waals surface area contributed by atoms with Crippen LogP contribution in [0.2, 0.25) is 0 Å². The number of aromatic nitrogens is 2. The Morgan fingerprint density at radius 1 is 1.30 bits per heavy atom. The maximum atomic E-state index is 5.76. The first-order valence-electron chi connectivity index (χ1n) is 7.01. The van der Waals surface area contributed by atoms with Crippen LogP contribution in [0, 0.1) is 6.92 Å². The van der Waals surface area contributed by atoms with E-state index in [0.29, 0.717) is 6.61 Å². The molecule has 0 saturated carbocycles. The lowest BCUT2D eigenvalue weighted by atomic mass is 10.0. The van der Waals surface area contributed by atoms with E-state index >= 15 is 0 Å². The molecule has 0 fully saturated rings. The maximum Gasteiger partial charge on any atom is 0.124 e. The zero-order valence-electron chi connectivity index (χ0n) is 12.2. The lowest BCUT2D eigenvalue weighted by Crippen LogP contribution is -2.23. The number of ether oxygens (including phenoxy) is 1. The number of aryl methyl sites for hydroxylation is 1. The van der Waals surface area contributed by atoms with Crippen LogP contribution in [-0.4, -0.2) is 22.7 Å². The van der Waals surface area contributed by atoms with Gasteiger partial charge in [0.2, 0.25) is 0 Å². The summed E-state index contributed by atoms with van der Waals surface area (Å²) >= 11 is 1.45. The summed E-state index contributed by atoms with van der Waals surface area (Å²) in [4.78, 5) is 1.16. The van der Waals surface area contributed by atoms with Crippen LogP contribution >= 0.6 is 11.5 Å². The van der Waals surface area contributed by atoms with Gasteiger partial charge in [-0.05, 0) is 44.4 Å². The number of benzene rings is 1. The van der Waals surface area contributed by atoms with Crippen molar-refractivity contribution < 1.29 is 4.74 Å². The Morgan fingerprint density at radius 2 is 2.10 bits per heavy atom. The monoisotopic (exact) mass is 291 g/mol. The average Bonchev–Trinajstić information content (AvgIpc) is 2.88. The van der Waals surface area contributed by atoms with Gasteiger partial charge in [-0.25, -0.2) is 0 Å². The minimum atomic E-state index is 0.0951. The van der Waals surface area contributed by atoms with E-state index in [4.69, 9.17) is 4.74 Å². The molecule has 0 spiro atoms. The number of nitrogens with one attached hydrogen (secondary N) is 1. The quantitative estimate of drug-likeness (QED) is 0.850. The minimum absolute atomic E-state index is 0.0951. The van der Waals surface area contributed by atoms with Crippen LogP contribution in [0.3, 0.4) is 0 Å². The van der Waals surface area contributed by atoms with Crippen molar-refractivity contribution in [3.8, 4) is 5.75 Å². The summed E-state index contributed by atoms with van der Waals surface area (Å²) < 4.78 is 9.82. The second-order valence-electron chi connectivity index (χ2n) is 4.58. The van der Waals surface area contributed by atoms with Crippen LogP contribution in [0.1, 0.15) is 42.4 Å². The number of hydrogen-bond acceptors (Lipinski definition) is 5. The molecule has 1 unspecified atom stereocenters. The highest BCUT2D eigenvalue weighted by molar-refractivity contribution is 7.05. The van der Waals surface area contributed by atoms with Crippen LogP contribution in [0.25, 0.3) is 0 Å². The summed E-state index contributed by atoms with van der Waals surface area (Å²) in [5.74, 6) is 0.927. The van der Waals surface area contributed by atoms with Gasteiger partial charge >= 0.3 is 0 Å². The molecule has 4 nitrogen and oxygen atoms in total. The highest BCUT2D eigenvalue weighted by Gasteiger charge is 2.21. The van der Waals surface area contributed by atoms with E-state index in [-0.39, 0.29) is 6.04 Å². The zero-order valence-corrected chi connectivity index (χ0v) is 13.0. The Balaban J connectivity index is 2.38. The van der Waals surface area contributed by atoms with Gasteiger partial charge in [0.25, 0.3) is 0 Å². The summed E-state index contributed by atoms with van der Waals surface area (Å²) in [6, 6.07) is 8.27. The Morgan fingerprint density at radius 3 is 2.75 bits per heavy atom. The second kappa shape index (κ2) is 7.36. The summed E-state index contributed by atoms with van der Waals surface area (Å²) in [5, 5.41) is 7.71. The first kappa shape index (κ1) is 14.9. The van der Waals surface area contributed by atoms with Crippen molar-refractivity contribution >= 4 is 11.5 Å². The lowest BCUT2D eigenvalue weighted by molar-refractivity contribution is 0.333. The van der Waals surface area contributed by atoms with Gasteiger partial charge in [0, 0.05) is 5.56 Å². The normalized spacial score (nSPS) is 12.3. The van der Waals surface area contributed by atoms with E-state index in [0.717, 1.165) is 34.8 Å². The van der Waals surface area contributed by atoms with Gasteiger partial charge in [0.15, 0.2) is 0 Å². The fourth-order valence-corrected chi connectivity index (χ4v) is 2.88. The lowest BCUT2D eigenvalue weighted by Gasteiger charge is -2.20. The summed E-state index contributed by atoms with van der Waals surface area (Å²) in [6.07, 6.45) is 1.08. The minimum Gasteiger partial charge on any atom is -0.494 e. The fourth-order valence-electron chi connectivity index (χ4n) is 2.14. The molecule has 1 atom stereocenters. The molecule has 5 heteroatoms. The van der Waals surface area contributed by atoms with E-state index < -0.39 is 0 Å². The maximum absolute atomic E-state index is 5.76. The molecule has 1 aromatic carbocycles. The third-order valence-electron chi connectivity index (χ3n) is 3.08.